The summed E-state index contributed by atoms with van der Waals surface area (Å²) in [4.78, 5) is 38.5. The summed E-state index contributed by atoms with van der Waals surface area (Å²) in [5, 5.41) is 6.17. The van der Waals surface area contributed by atoms with Gasteiger partial charge in [-0.1, -0.05) is 24.3 Å². The monoisotopic (exact) mass is 505 g/mol. The molecule has 2 heterocycles. The number of nitrogens with zero attached hydrogens (tertiary/aromatic N) is 3. The van der Waals surface area contributed by atoms with Gasteiger partial charge in [0, 0.05) is 25.1 Å². The van der Waals surface area contributed by atoms with Crippen LogP contribution in [0.15, 0.2) is 65.7 Å². The molecule has 4 aromatic rings. The first-order valence-electron chi connectivity index (χ1n) is 10.1. The zero-order chi connectivity index (χ0) is 25.4. The molecule has 0 atom stereocenters. The maximum Gasteiger partial charge on any atom is 0.421 e. The van der Waals surface area contributed by atoms with E-state index < -0.39 is 31.3 Å². The average Bonchev–Trinajstić information content (AvgIpc) is 2.76. The molecular formula is C22H19F3N5O4P. The molecule has 0 aliphatic carbocycles. The van der Waals surface area contributed by atoms with Gasteiger partial charge in [-0.2, -0.15) is 18.2 Å². The van der Waals surface area contributed by atoms with E-state index in [1.807, 2.05) is 0 Å². The lowest BCUT2D eigenvalue weighted by molar-refractivity contribution is -0.137. The van der Waals surface area contributed by atoms with Crippen molar-refractivity contribution < 1.29 is 27.5 Å². The lowest BCUT2D eigenvalue weighted by atomic mass is 10.1. The minimum absolute atomic E-state index is 0.153. The highest BCUT2D eigenvalue weighted by Crippen LogP contribution is 2.39. The quantitative estimate of drug-likeness (QED) is 0.282. The summed E-state index contributed by atoms with van der Waals surface area (Å²) in [7, 11) is -2.70. The highest BCUT2D eigenvalue weighted by molar-refractivity contribution is 7.50. The Kier molecular flexibility index (Phi) is 6.37. The molecule has 9 nitrogen and oxygen atoms in total. The second-order valence-corrected chi connectivity index (χ2v) is 9.37. The highest BCUT2D eigenvalue weighted by Gasteiger charge is 2.35. The first-order chi connectivity index (χ1) is 16.4. The molecule has 0 saturated heterocycles. The van der Waals surface area contributed by atoms with Crippen LogP contribution in [0.1, 0.15) is 11.1 Å². The summed E-state index contributed by atoms with van der Waals surface area (Å²) in [6.07, 6.45) is -3.01. The minimum Gasteiger partial charge on any atom is -0.339 e. The fourth-order valence-electron chi connectivity index (χ4n) is 3.42. The van der Waals surface area contributed by atoms with Crippen LogP contribution in [0, 0.1) is 0 Å². The van der Waals surface area contributed by atoms with Crippen molar-refractivity contribution in [2.24, 2.45) is 7.05 Å². The van der Waals surface area contributed by atoms with E-state index in [2.05, 4.69) is 20.6 Å². The normalized spacial score (nSPS) is 12.1. The number of hydrogen-bond donors (Lipinski definition) is 4. The molecule has 0 aliphatic heterocycles. The first kappa shape index (κ1) is 24.4. The minimum atomic E-state index is -4.76. The summed E-state index contributed by atoms with van der Waals surface area (Å²) in [5.74, 6) is -0.706. The van der Waals surface area contributed by atoms with E-state index in [0.717, 1.165) is 0 Å². The van der Waals surface area contributed by atoms with Crippen LogP contribution in [0.3, 0.4) is 0 Å². The molecule has 0 bridgehead atoms. The number of benzene rings is 2. The smallest absolute Gasteiger partial charge is 0.339 e. The van der Waals surface area contributed by atoms with E-state index in [-0.39, 0.29) is 22.6 Å². The van der Waals surface area contributed by atoms with Crippen LogP contribution >= 0.6 is 7.60 Å². The summed E-state index contributed by atoms with van der Waals surface area (Å²) in [6.45, 7) is 0. The van der Waals surface area contributed by atoms with Gasteiger partial charge in [-0.15, -0.1) is 0 Å². The SMILES string of the molecule is Cn1ccc2cccc(Nc3nc(Nc4ccc(CP(=O)(O)O)cc4)ncc3C(F)(F)F)c2c1=O. The first-order valence-corrected chi connectivity index (χ1v) is 11.9. The number of pyridine rings is 1. The third kappa shape index (κ3) is 5.68. The number of aromatic nitrogens is 3. The summed E-state index contributed by atoms with van der Waals surface area (Å²) < 4.78 is 53.5. The van der Waals surface area contributed by atoms with E-state index >= 15 is 0 Å². The standard InChI is InChI=1S/C22H19F3N5O4P/c1-30-10-9-14-3-2-4-17(18(14)20(30)31)28-19-16(22(23,24)25)11-26-21(29-19)27-15-7-5-13(6-8-15)12-35(32,33)34/h2-11H,12H2,1H3,(H2,32,33,34)(H2,26,27,28,29). The van der Waals surface area contributed by atoms with Gasteiger partial charge in [0.25, 0.3) is 5.56 Å². The number of rotatable bonds is 6. The predicted octanol–water partition coefficient (Wildman–Crippen LogP) is 4.51. The lowest BCUT2D eigenvalue weighted by Gasteiger charge is -2.16. The lowest BCUT2D eigenvalue weighted by Crippen LogP contribution is -2.17. The van der Waals surface area contributed by atoms with Crippen molar-refractivity contribution in [3.05, 3.63) is 82.4 Å². The fourth-order valence-corrected chi connectivity index (χ4v) is 4.11. The molecule has 4 N–H and O–H groups in total. The molecular weight excluding hydrogens is 486 g/mol. The van der Waals surface area contributed by atoms with Crippen LogP contribution in [0.4, 0.5) is 36.3 Å². The second kappa shape index (κ2) is 9.14. The van der Waals surface area contributed by atoms with E-state index in [1.165, 1.54) is 41.9 Å². The average molecular weight is 505 g/mol. The predicted molar refractivity (Wildman–Crippen MR) is 125 cm³/mol. The number of alkyl halides is 3. The Bertz CT molecular complexity index is 1500. The molecule has 0 spiro atoms. The molecule has 2 aromatic carbocycles. The van der Waals surface area contributed by atoms with Gasteiger partial charge in [0.15, 0.2) is 0 Å². The Morgan fingerprint density at radius 2 is 1.77 bits per heavy atom. The molecule has 0 unspecified atom stereocenters. The molecule has 0 aliphatic rings. The zero-order valence-electron chi connectivity index (χ0n) is 18.1. The maximum atomic E-state index is 13.7. The molecule has 2 aromatic heterocycles. The molecule has 35 heavy (non-hydrogen) atoms. The Labute approximate surface area is 196 Å². The third-order valence-corrected chi connectivity index (χ3v) is 5.83. The van der Waals surface area contributed by atoms with Gasteiger partial charge in [-0.3, -0.25) is 9.36 Å². The Hall–Kier alpha value is -3.73. The van der Waals surface area contributed by atoms with Crippen molar-refractivity contribution in [3.8, 4) is 0 Å². The van der Waals surface area contributed by atoms with Crippen molar-refractivity contribution in [3.63, 3.8) is 0 Å². The molecule has 182 valence electrons. The van der Waals surface area contributed by atoms with E-state index in [4.69, 9.17) is 9.79 Å². The van der Waals surface area contributed by atoms with Crippen LogP contribution in [0.25, 0.3) is 10.8 Å². The van der Waals surface area contributed by atoms with Crippen molar-refractivity contribution in [2.45, 2.75) is 12.3 Å². The summed E-state index contributed by atoms with van der Waals surface area (Å²) >= 11 is 0. The van der Waals surface area contributed by atoms with E-state index in [9.17, 15) is 22.5 Å². The van der Waals surface area contributed by atoms with Gasteiger partial charge in [0.2, 0.25) is 5.95 Å². The van der Waals surface area contributed by atoms with Gasteiger partial charge in [-0.05, 0) is 35.2 Å². The maximum absolute atomic E-state index is 13.7. The Morgan fingerprint density at radius 3 is 2.43 bits per heavy atom. The van der Waals surface area contributed by atoms with Gasteiger partial charge < -0.3 is 25.0 Å². The number of anilines is 4. The molecule has 0 fully saturated rings. The third-order valence-electron chi connectivity index (χ3n) is 5.05. The van der Waals surface area contributed by atoms with Gasteiger partial charge in [0.1, 0.15) is 11.4 Å². The zero-order valence-corrected chi connectivity index (χ0v) is 19.0. The molecule has 4 rings (SSSR count). The number of halogens is 3. The highest BCUT2D eigenvalue weighted by atomic mass is 31.2. The van der Waals surface area contributed by atoms with Gasteiger partial charge >= 0.3 is 13.8 Å². The Morgan fingerprint density at radius 1 is 1.06 bits per heavy atom. The number of aryl methyl sites for hydroxylation is 1. The van der Waals surface area contributed by atoms with Crippen LogP contribution in [0.5, 0.6) is 0 Å². The van der Waals surface area contributed by atoms with E-state index in [0.29, 0.717) is 22.8 Å². The Balaban J connectivity index is 1.70. The summed E-state index contributed by atoms with van der Waals surface area (Å²) in [5.41, 5.74) is -0.575. The van der Waals surface area contributed by atoms with Crippen LogP contribution in [-0.4, -0.2) is 24.3 Å². The largest absolute Gasteiger partial charge is 0.421 e. The van der Waals surface area contributed by atoms with Gasteiger partial charge in [0.05, 0.1) is 17.2 Å². The second-order valence-electron chi connectivity index (χ2n) is 7.72. The molecule has 13 heteroatoms. The van der Waals surface area contributed by atoms with Crippen molar-refractivity contribution in [1.29, 1.82) is 0 Å². The topological polar surface area (TPSA) is 129 Å². The van der Waals surface area contributed by atoms with Crippen LogP contribution in [0.2, 0.25) is 0 Å². The fraction of sp³-hybridized carbons (Fsp3) is 0.136. The molecule has 0 amide bonds. The molecule has 0 radical (unpaired) electrons. The molecule has 0 saturated carbocycles. The van der Waals surface area contributed by atoms with Crippen molar-refractivity contribution in [2.75, 3.05) is 10.6 Å². The van der Waals surface area contributed by atoms with Crippen LogP contribution in [-0.2, 0) is 24.0 Å². The number of fused-ring (bicyclic) bond motifs is 1. The summed E-state index contributed by atoms with van der Waals surface area (Å²) in [6, 6.07) is 12.4. The van der Waals surface area contributed by atoms with Crippen molar-refractivity contribution in [1.82, 2.24) is 14.5 Å². The van der Waals surface area contributed by atoms with E-state index in [1.54, 1.807) is 24.4 Å². The number of nitrogens with one attached hydrogen (secondary N) is 2. The van der Waals surface area contributed by atoms with Gasteiger partial charge in [-0.25, -0.2) is 4.98 Å². The number of hydrogen-bond acceptors (Lipinski definition) is 6. The van der Waals surface area contributed by atoms with Crippen LogP contribution < -0.4 is 16.2 Å². The van der Waals surface area contributed by atoms with Crippen molar-refractivity contribution >= 4 is 41.5 Å².